The fourth-order valence-corrected chi connectivity index (χ4v) is 6.28. The quantitative estimate of drug-likeness (QED) is 0.690. The topological polar surface area (TPSA) is 104 Å². The Bertz CT molecular complexity index is 1180. The number of aromatic nitrogens is 2. The summed E-state index contributed by atoms with van der Waals surface area (Å²) in [6.45, 7) is 5.42. The van der Waals surface area contributed by atoms with E-state index >= 15 is 0 Å². The SMILES string of the molecule is Cc1cc(S(=O)(=O)NC(C)C)ccc1Nc1ncc2c(n1)N(C1CCCC1)C(=O)C21CC1. The van der Waals surface area contributed by atoms with Crippen LogP contribution in [0.3, 0.4) is 0 Å². The van der Waals surface area contributed by atoms with E-state index in [1.807, 2.05) is 11.8 Å². The van der Waals surface area contributed by atoms with Crippen LogP contribution in [0.2, 0.25) is 0 Å². The summed E-state index contributed by atoms with van der Waals surface area (Å²) in [6.07, 6.45) is 7.88. The van der Waals surface area contributed by atoms with Crippen LogP contribution in [0.15, 0.2) is 29.3 Å². The molecule has 1 amide bonds. The van der Waals surface area contributed by atoms with Crippen molar-refractivity contribution in [3.8, 4) is 0 Å². The predicted octanol–water partition coefficient (Wildman–Crippen LogP) is 3.54. The zero-order chi connectivity index (χ0) is 22.7. The Balaban J connectivity index is 1.44. The molecule has 32 heavy (non-hydrogen) atoms. The average molecular weight is 456 g/mol. The van der Waals surface area contributed by atoms with Gasteiger partial charge in [0.1, 0.15) is 5.82 Å². The standard InChI is InChI=1S/C23H29N5O3S/c1-14(2)27-32(30,31)17-8-9-19(15(3)12-17)25-22-24-13-18-20(26-22)28(16-6-4-5-7-16)21(29)23(18)10-11-23/h8-9,12-14,16,27H,4-7,10-11H2,1-3H3,(H,24,25,26). The van der Waals surface area contributed by atoms with Gasteiger partial charge in [0.25, 0.3) is 0 Å². The third kappa shape index (κ3) is 3.47. The molecule has 8 nitrogen and oxygen atoms in total. The second kappa shape index (κ2) is 7.52. The number of anilines is 3. The van der Waals surface area contributed by atoms with Crippen LogP contribution < -0.4 is 14.9 Å². The fraction of sp³-hybridized carbons (Fsp3) is 0.522. The molecule has 2 fully saturated rings. The van der Waals surface area contributed by atoms with Crippen LogP contribution in [0.5, 0.6) is 0 Å². The lowest BCUT2D eigenvalue weighted by atomic mass is 10.0. The lowest BCUT2D eigenvalue weighted by Gasteiger charge is -2.24. The largest absolute Gasteiger partial charge is 0.324 e. The van der Waals surface area contributed by atoms with Gasteiger partial charge in [0.05, 0.1) is 10.3 Å². The number of sulfonamides is 1. The number of nitrogens with one attached hydrogen (secondary N) is 2. The first kappa shape index (κ1) is 21.3. The maximum absolute atomic E-state index is 13.2. The Morgan fingerprint density at radius 3 is 2.53 bits per heavy atom. The van der Waals surface area contributed by atoms with E-state index in [0.717, 1.165) is 61.2 Å². The van der Waals surface area contributed by atoms with Crippen molar-refractivity contribution >= 4 is 33.4 Å². The smallest absolute Gasteiger partial charge is 0.240 e. The van der Waals surface area contributed by atoms with Gasteiger partial charge in [-0.3, -0.25) is 9.69 Å². The average Bonchev–Trinajstić information content (AvgIpc) is 3.29. The lowest BCUT2D eigenvalue weighted by Crippen LogP contribution is -2.39. The summed E-state index contributed by atoms with van der Waals surface area (Å²) >= 11 is 0. The monoisotopic (exact) mass is 455 g/mol. The van der Waals surface area contributed by atoms with Crippen LogP contribution in [0.25, 0.3) is 0 Å². The highest BCUT2D eigenvalue weighted by atomic mass is 32.2. The van der Waals surface area contributed by atoms with Gasteiger partial charge in [0, 0.05) is 29.5 Å². The van der Waals surface area contributed by atoms with Crippen molar-refractivity contribution in [2.45, 2.75) is 81.7 Å². The van der Waals surface area contributed by atoms with Crippen molar-refractivity contribution in [3.63, 3.8) is 0 Å². The van der Waals surface area contributed by atoms with E-state index < -0.39 is 15.4 Å². The Hall–Kier alpha value is -2.52. The third-order valence-electron chi connectivity index (χ3n) is 6.73. The van der Waals surface area contributed by atoms with Crippen molar-refractivity contribution in [2.24, 2.45) is 0 Å². The zero-order valence-corrected chi connectivity index (χ0v) is 19.5. The summed E-state index contributed by atoms with van der Waals surface area (Å²) < 4.78 is 27.5. The highest BCUT2D eigenvalue weighted by Gasteiger charge is 2.61. The maximum atomic E-state index is 13.2. The van der Waals surface area contributed by atoms with Gasteiger partial charge in [-0.2, -0.15) is 4.98 Å². The minimum Gasteiger partial charge on any atom is -0.324 e. The van der Waals surface area contributed by atoms with Crippen LogP contribution in [0, 0.1) is 6.92 Å². The summed E-state index contributed by atoms with van der Waals surface area (Å²) in [5.74, 6) is 1.35. The van der Waals surface area contributed by atoms with Crippen LogP contribution >= 0.6 is 0 Å². The number of benzene rings is 1. The lowest BCUT2D eigenvalue weighted by molar-refractivity contribution is -0.120. The first-order chi connectivity index (χ1) is 15.2. The van der Waals surface area contributed by atoms with Crippen molar-refractivity contribution in [2.75, 3.05) is 10.2 Å². The molecule has 0 saturated heterocycles. The van der Waals surface area contributed by atoms with Gasteiger partial charge >= 0.3 is 0 Å². The molecule has 2 saturated carbocycles. The predicted molar refractivity (Wildman–Crippen MR) is 123 cm³/mol. The van der Waals surface area contributed by atoms with Crippen LogP contribution in [-0.2, 0) is 20.2 Å². The Kier molecular flexibility index (Phi) is 5.01. The Morgan fingerprint density at radius 2 is 1.91 bits per heavy atom. The fourth-order valence-electron chi connectivity index (χ4n) is 4.95. The van der Waals surface area contributed by atoms with E-state index in [1.165, 1.54) is 0 Å². The molecule has 1 aromatic heterocycles. The molecule has 0 atom stereocenters. The van der Waals surface area contributed by atoms with E-state index in [4.69, 9.17) is 4.98 Å². The molecule has 2 aromatic rings. The summed E-state index contributed by atoms with van der Waals surface area (Å²) in [5.41, 5.74) is 2.05. The number of fused-ring (bicyclic) bond motifs is 2. The first-order valence-electron chi connectivity index (χ1n) is 11.3. The number of rotatable bonds is 6. The number of hydrogen-bond donors (Lipinski definition) is 2. The van der Waals surface area contributed by atoms with E-state index in [0.29, 0.717) is 5.95 Å². The number of amides is 1. The summed E-state index contributed by atoms with van der Waals surface area (Å²) in [4.78, 5) is 24.7. The van der Waals surface area contributed by atoms with Gasteiger partial charge < -0.3 is 5.32 Å². The molecular formula is C23H29N5O3S. The number of carbonyl (C=O) groups excluding carboxylic acids is 1. The van der Waals surface area contributed by atoms with Gasteiger partial charge in [-0.05, 0) is 70.2 Å². The van der Waals surface area contributed by atoms with Gasteiger partial charge in [0.15, 0.2) is 0 Å². The van der Waals surface area contributed by atoms with Gasteiger partial charge in [-0.25, -0.2) is 18.1 Å². The summed E-state index contributed by atoms with van der Waals surface area (Å²) in [7, 11) is -3.56. The van der Waals surface area contributed by atoms with Crippen molar-refractivity contribution in [1.29, 1.82) is 0 Å². The third-order valence-corrected chi connectivity index (χ3v) is 8.38. The molecule has 0 bridgehead atoms. The van der Waals surface area contributed by atoms with Gasteiger partial charge in [0.2, 0.25) is 21.9 Å². The Morgan fingerprint density at radius 1 is 1.19 bits per heavy atom. The van der Waals surface area contributed by atoms with E-state index in [-0.39, 0.29) is 22.9 Å². The van der Waals surface area contributed by atoms with Crippen molar-refractivity contribution in [3.05, 3.63) is 35.5 Å². The van der Waals surface area contributed by atoms with Crippen LogP contribution in [0.4, 0.5) is 17.5 Å². The molecule has 5 rings (SSSR count). The maximum Gasteiger partial charge on any atom is 0.240 e. The number of hydrogen-bond acceptors (Lipinski definition) is 6. The van der Waals surface area contributed by atoms with Crippen LogP contribution in [0.1, 0.15) is 63.5 Å². The minimum atomic E-state index is -3.56. The van der Waals surface area contributed by atoms with E-state index in [9.17, 15) is 13.2 Å². The molecule has 170 valence electrons. The molecule has 1 aromatic carbocycles. The minimum absolute atomic E-state index is 0.182. The second-order valence-electron chi connectivity index (χ2n) is 9.50. The molecule has 2 N–H and O–H groups in total. The number of nitrogens with zero attached hydrogens (tertiary/aromatic N) is 3. The molecule has 1 spiro atoms. The van der Waals surface area contributed by atoms with Crippen molar-refractivity contribution in [1.82, 2.24) is 14.7 Å². The molecule has 3 aliphatic rings. The molecule has 2 aliphatic carbocycles. The first-order valence-corrected chi connectivity index (χ1v) is 12.8. The molecule has 0 radical (unpaired) electrons. The Labute approximate surface area is 188 Å². The zero-order valence-electron chi connectivity index (χ0n) is 18.7. The number of aryl methyl sites for hydroxylation is 1. The highest BCUT2D eigenvalue weighted by molar-refractivity contribution is 7.89. The molecule has 1 aliphatic heterocycles. The highest BCUT2D eigenvalue weighted by Crippen LogP contribution is 2.57. The van der Waals surface area contributed by atoms with E-state index in [1.54, 1.807) is 38.2 Å². The summed E-state index contributed by atoms with van der Waals surface area (Å²) in [5, 5.41) is 3.22. The van der Waals surface area contributed by atoms with Crippen molar-refractivity contribution < 1.29 is 13.2 Å². The number of carbonyl (C=O) groups is 1. The molecular weight excluding hydrogens is 426 g/mol. The van der Waals surface area contributed by atoms with Gasteiger partial charge in [-0.1, -0.05) is 12.8 Å². The summed E-state index contributed by atoms with van der Waals surface area (Å²) in [6, 6.07) is 4.97. The molecule has 0 unspecified atom stereocenters. The molecule has 9 heteroatoms. The second-order valence-corrected chi connectivity index (χ2v) is 11.2. The van der Waals surface area contributed by atoms with E-state index in [2.05, 4.69) is 15.0 Å². The van der Waals surface area contributed by atoms with Gasteiger partial charge in [-0.15, -0.1) is 0 Å². The molecule has 2 heterocycles. The normalized spacial score (nSPS) is 19.8. The van der Waals surface area contributed by atoms with Crippen LogP contribution in [-0.4, -0.2) is 36.4 Å².